The normalized spacial score (nSPS) is 22.3. The molecule has 0 bridgehead atoms. The SMILES string of the molecule is COc1ccc2oc(C(=O)NNC(=S)N[C@@H]3CCC[C@H](C)[C@@H]3C)c(C)c2c1. The lowest BCUT2D eigenvalue weighted by Crippen LogP contribution is -2.52. The third-order valence-corrected chi connectivity index (χ3v) is 5.88. The molecule has 3 N–H and O–H groups in total. The van der Waals surface area contributed by atoms with Crippen LogP contribution in [0, 0.1) is 18.8 Å². The molecule has 3 atom stereocenters. The van der Waals surface area contributed by atoms with E-state index in [-0.39, 0.29) is 11.7 Å². The second kappa shape index (κ2) is 8.17. The van der Waals surface area contributed by atoms with E-state index >= 15 is 0 Å². The Labute approximate surface area is 165 Å². The van der Waals surface area contributed by atoms with Gasteiger partial charge in [-0.25, -0.2) is 0 Å². The predicted octanol–water partition coefficient (Wildman–Crippen LogP) is 3.68. The molecule has 1 fully saturated rings. The quantitative estimate of drug-likeness (QED) is 0.549. The molecule has 1 amide bonds. The summed E-state index contributed by atoms with van der Waals surface area (Å²) in [6.07, 6.45) is 3.54. The van der Waals surface area contributed by atoms with Gasteiger partial charge in [0.25, 0.3) is 0 Å². The van der Waals surface area contributed by atoms with Crippen molar-refractivity contribution in [1.29, 1.82) is 0 Å². The molecule has 27 heavy (non-hydrogen) atoms. The zero-order valence-corrected chi connectivity index (χ0v) is 17.0. The van der Waals surface area contributed by atoms with Gasteiger partial charge < -0.3 is 14.5 Å². The van der Waals surface area contributed by atoms with Crippen LogP contribution in [0.4, 0.5) is 0 Å². The largest absolute Gasteiger partial charge is 0.497 e. The highest BCUT2D eigenvalue weighted by Gasteiger charge is 2.27. The number of hydrazine groups is 1. The number of benzene rings is 1. The standard InChI is InChI=1S/C20H27N3O3S/c1-11-6-5-7-16(12(11)2)21-20(27)23-22-19(24)18-13(3)15-10-14(25-4)8-9-17(15)26-18/h8-12,16H,5-7H2,1-4H3,(H,22,24)(H2,21,23,27)/t11-,12-,16+/m0/s1. The number of aryl methyl sites for hydroxylation is 1. The van der Waals surface area contributed by atoms with Gasteiger partial charge in [0, 0.05) is 17.0 Å². The fraction of sp³-hybridized carbons (Fsp3) is 0.500. The smallest absolute Gasteiger partial charge is 0.305 e. The summed E-state index contributed by atoms with van der Waals surface area (Å²) in [6, 6.07) is 5.78. The molecule has 146 valence electrons. The number of hydrogen-bond acceptors (Lipinski definition) is 4. The fourth-order valence-corrected chi connectivity index (χ4v) is 3.91. The zero-order chi connectivity index (χ0) is 19.6. The summed E-state index contributed by atoms with van der Waals surface area (Å²) in [7, 11) is 1.61. The van der Waals surface area contributed by atoms with Crippen molar-refractivity contribution in [2.45, 2.75) is 46.1 Å². The molecule has 1 aliphatic carbocycles. The van der Waals surface area contributed by atoms with E-state index in [2.05, 4.69) is 30.0 Å². The minimum atomic E-state index is -0.364. The molecule has 0 spiro atoms. The number of thiocarbonyl (C=S) groups is 1. The lowest BCUT2D eigenvalue weighted by molar-refractivity contribution is 0.0916. The molecule has 1 aliphatic rings. The average Bonchev–Trinajstić information content (AvgIpc) is 2.99. The monoisotopic (exact) mass is 389 g/mol. The maximum absolute atomic E-state index is 12.5. The third-order valence-electron chi connectivity index (χ3n) is 5.66. The Bertz CT molecular complexity index is 848. The van der Waals surface area contributed by atoms with E-state index < -0.39 is 0 Å². The number of fused-ring (bicyclic) bond motifs is 1. The van der Waals surface area contributed by atoms with Crippen LogP contribution in [0.2, 0.25) is 0 Å². The minimum Gasteiger partial charge on any atom is -0.497 e. The van der Waals surface area contributed by atoms with Crippen LogP contribution in [0.25, 0.3) is 11.0 Å². The van der Waals surface area contributed by atoms with Crippen LogP contribution in [0.1, 0.15) is 49.2 Å². The second-order valence-corrected chi connectivity index (χ2v) is 7.75. The topological polar surface area (TPSA) is 75.5 Å². The van der Waals surface area contributed by atoms with Gasteiger partial charge in [0.1, 0.15) is 11.3 Å². The molecular weight excluding hydrogens is 362 g/mol. The van der Waals surface area contributed by atoms with Crippen molar-refractivity contribution in [2.75, 3.05) is 7.11 Å². The van der Waals surface area contributed by atoms with Gasteiger partial charge >= 0.3 is 5.91 Å². The Morgan fingerprint density at radius 1 is 1.26 bits per heavy atom. The molecule has 0 unspecified atom stereocenters. The highest BCUT2D eigenvalue weighted by molar-refractivity contribution is 7.80. The summed E-state index contributed by atoms with van der Waals surface area (Å²) in [4.78, 5) is 12.5. The first-order valence-electron chi connectivity index (χ1n) is 9.34. The fourth-order valence-electron chi connectivity index (χ4n) is 3.70. The summed E-state index contributed by atoms with van der Waals surface area (Å²) in [5.41, 5.74) is 6.82. The number of ether oxygens (including phenoxy) is 1. The van der Waals surface area contributed by atoms with Crippen LogP contribution in [-0.4, -0.2) is 24.2 Å². The number of carbonyl (C=O) groups is 1. The molecule has 1 aromatic carbocycles. The molecule has 1 aromatic heterocycles. The number of amides is 1. The summed E-state index contributed by atoms with van der Waals surface area (Å²) in [5.74, 6) is 1.83. The summed E-state index contributed by atoms with van der Waals surface area (Å²) < 4.78 is 10.9. The molecular formula is C20H27N3O3S. The maximum atomic E-state index is 12.5. The Morgan fingerprint density at radius 2 is 2.04 bits per heavy atom. The van der Waals surface area contributed by atoms with E-state index in [0.29, 0.717) is 28.6 Å². The number of methoxy groups -OCH3 is 1. The van der Waals surface area contributed by atoms with Gasteiger partial charge in [-0.05, 0) is 55.6 Å². The summed E-state index contributed by atoms with van der Waals surface area (Å²) in [6.45, 7) is 6.37. The van der Waals surface area contributed by atoms with Crippen LogP contribution in [0.3, 0.4) is 0 Å². The highest BCUT2D eigenvalue weighted by atomic mass is 32.1. The summed E-state index contributed by atoms with van der Waals surface area (Å²) in [5, 5.41) is 4.59. The Morgan fingerprint density at radius 3 is 2.78 bits per heavy atom. The van der Waals surface area contributed by atoms with Gasteiger partial charge in [-0.3, -0.25) is 15.6 Å². The van der Waals surface area contributed by atoms with Gasteiger partial charge in [0.2, 0.25) is 0 Å². The lowest BCUT2D eigenvalue weighted by atomic mass is 9.78. The number of furan rings is 1. The van der Waals surface area contributed by atoms with E-state index in [1.807, 2.05) is 13.0 Å². The van der Waals surface area contributed by atoms with E-state index in [0.717, 1.165) is 23.1 Å². The van der Waals surface area contributed by atoms with Gasteiger partial charge in [0.05, 0.1) is 7.11 Å². The van der Waals surface area contributed by atoms with Crippen molar-refractivity contribution < 1.29 is 13.9 Å². The van der Waals surface area contributed by atoms with Gasteiger partial charge in [0.15, 0.2) is 10.9 Å². The van der Waals surface area contributed by atoms with Crippen molar-refractivity contribution in [3.05, 3.63) is 29.5 Å². The van der Waals surface area contributed by atoms with Crippen molar-refractivity contribution in [3.8, 4) is 5.75 Å². The van der Waals surface area contributed by atoms with Gasteiger partial charge in [-0.2, -0.15) is 0 Å². The van der Waals surface area contributed by atoms with Crippen LogP contribution >= 0.6 is 12.2 Å². The molecule has 6 nitrogen and oxygen atoms in total. The Hall–Kier alpha value is -2.28. The van der Waals surface area contributed by atoms with Gasteiger partial charge in [-0.1, -0.05) is 26.7 Å². The molecule has 1 heterocycles. The highest BCUT2D eigenvalue weighted by Crippen LogP contribution is 2.30. The van der Waals surface area contributed by atoms with Gasteiger partial charge in [-0.15, -0.1) is 0 Å². The molecule has 0 aliphatic heterocycles. The number of carbonyl (C=O) groups excluding carboxylic acids is 1. The van der Waals surface area contributed by atoms with E-state index in [9.17, 15) is 4.79 Å². The number of hydrogen-bond donors (Lipinski definition) is 3. The van der Waals surface area contributed by atoms with Crippen LogP contribution in [-0.2, 0) is 0 Å². The first kappa shape index (κ1) is 19.5. The first-order chi connectivity index (χ1) is 12.9. The molecule has 0 radical (unpaired) electrons. The van der Waals surface area contributed by atoms with E-state index in [1.165, 1.54) is 12.8 Å². The average molecular weight is 390 g/mol. The first-order valence-corrected chi connectivity index (χ1v) is 9.75. The second-order valence-electron chi connectivity index (χ2n) is 7.34. The molecule has 2 aromatic rings. The molecule has 0 saturated heterocycles. The van der Waals surface area contributed by atoms with E-state index in [4.69, 9.17) is 21.4 Å². The van der Waals surface area contributed by atoms with Crippen LogP contribution in [0.15, 0.2) is 22.6 Å². The Kier molecular flexibility index (Phi) is 5.89. The van der Waals surface area contributed by atoms with Crippen molar-refractivity contribution in [1.82, 2.24) is 16.2 Å². The lowest BCUT2D eigenvalue weighted by Gasteiger charge is -2.35. The van der Waals surface area contributed by atoms with Crippen molar-refractivity contribution >= 4 is 34.2 Å². The number of rotatable bonds is 3. The molecule has 7 heteroatoms. The Balaban J connectivity index is 1.61. The molecule has 3 rings (SSSR count). The third kappa shape index (κ3) is 4.18. The van der Waals surface area contributed by atoms with Crippen LogP contribution in [0.5, 0.6) is 5.75 Å². The van der Waals surface area contributed by atoms with Crippen molar-refractivity contribution in [3.63, 3.8) is 0 Å². The van der Waals surface area contributed by atoms with Crippen molar-refractivity contribution in [2.24, 2.45) is 11.8 Å². The molecule has 1 saturated carbocycles. The minimum absolute atomic E-state index is 0.258. The maximum Gasteiger partial charge on any atom is 0.305 e. The van der Waals surface area contributed by atoms with Crippen LogP contribution < -0.4 is 20.9 Å². The number of nitrogens with one attached hydrogen (secondary N) is 3. The zero-order valence-electron chi connectivity index (χ0n) is 16.2. The van der Waals surface area contributed by atoms with E-state index in [1.54, 1.807) is 19.2 Å². The summed E-state index contributed by atoms with van der Waals surface area (Å²) >= 11 is 5.34. The predicted molar refractivity (Wildman–Crippen MR) is 110 cm³/mol.